The van der Waals surface area contributed by atoms with E-state index in [4.69, 9.17) is 5.73 Å². The number of halogens is 3. The molecule has 0 saturated carbocycles. The molecule has 86 valence electrons. The van der Waals surface area contributed by atoms with Crippen LogP contribution in [-0.2, 0) is 10.0 Å². The van der Waals surface area contributed by atoms with Gasteiger partial charge in [0.05, 0.1) is 5.75 Å². The van der Waals surface area contributed by atoms with Gasteiger partial charge in [-0.3, -0.25) is 0 Å². The summed E-state index contributed by atoms with van der Waals surface area (Å²) in [5.74, 6) is -0.319. The topological polar surface area (TPSA) is 72.2 Å². The second-order valence-electron chi connectivity index (χ2n) is 2.75. The zero-order chi connectivity index (χ0) is 11.2. The largest absolute Gasteiger partial charge is 0.402 e. The summed E-state index contributed by atoms with van der Waals surface area (Å²) in [7, 11) is -3.81. The number of nitrogens with two attached hydrogens (primary N) is 1. The van der Waals surface area contributed by atoms with Crippen molar-refractivity contribution in [3.8, 4) is 0 Å². The summed E-state index contributed by atoms with van der Waals surface area (Å²) < 4.78 is 58.1. The maximum Gasteiger partial charge on any atom is 0.402 e. The fraction of sp³-hybridized carbons (Fsp3) is 1.00. The van der Waals surface area contributed by atoms with Gasteiger partial charge in [-0.25, -0.2) is 13.1 Å². The van der Waals surface area contributed by atoms with Crippen LogP contribution in [-0.4, -0.2) is 33.4 Å². The zero-order valence-electron chi connectivity index (χ0n) is 7.47. The molecule has 0 radical (unpaired) electrons. The molecule has 4 nitrogen and oxygen atoms in total. The molecule has 0 amide bonds. The van der Waals surface area contributed by atoms with E-state index in [0.29, 0.717) is 13.0 Å². The van der Waals surface area contributed by atoms with Gasteiger partial charge in [-0.05, 0) is 19.4 Å². The summed E-state index contributed by atoms with van der Waals surface area (Å²) in [6.45, 7) is -1.19. The van der Waals surface area contributed by atoms with Gasteiger partial charge in [-0.15, -0.1) is 0 Å². The fourth-order valence-corrected chi connectivity index (χ4v) is 1.81. The van der Waals surface area contributed by atoms with E-state index in [1.54, 1.807) is 0 Å². The number of unbranched alkanes of at least 4 members (excludes halogenated alkanes) is 1. The van der Waals surface area contributed by atoms with E-state index in [0.717, 1.165) is 0 Å². The molecule has 14 heavy (non-hydrogen) atoms. The van der Waals surface area contributed by atoms with Gasteiger partial charge in [0.15, 0.2) is 0 Å². The third-order valence-corrected chi connectivity index (χ3v) is 2.77. The van der Waals surface area contributed by atoms with Crippen molar-refractivity contribution < 1.29 is 21.6 Å². The molecule has 0 bridgehead atoms. The number of nitrogens with one attached hydrogen (secondary N) is 1. The first-order valence-electron chi connectivity index (χ1n) is 4.01. The highest BCUT2D eigenvalue weighted by Gasteiger charge is 2.29. The van der Waals surface area contributed by atoms with Crippen LogP contribution in [0.2, 0.25) is 0 Å². The van der Waals surface area contributed by atoms with Crippen molar-refractivity contribution in [3.05, 3.63) is 0 Å². The van der Waals surface area contributed by atoms with Crippen LogP contribution in [0.15, 0.2) is 0 Å². The van der Waals surface area contributed by atoms with Gasteiger partial charge in [0.25, 0.3) is 0 Å². The summed E-state index contributed by atoms with van der Waals surface area (Å²) in [4.78, 5) is 0. The zero-order valence-corrected chi connectivity index (χ0v) is 8.29. The van der Waals surface area contributed by atoms with Crippen LogP contribution in [0, 0.1) is 0 Å². The maximum absolute atomic E-state index is 11.6. The Morgan fingerprint density at radius 2 is 1.79 bits per heavy atom. The van der Waals surface area contributed by atoms with Crippen molar-refractivity contribution in [2.24, 2.45) is 5.73 Å². The molecule has 0 atom stereocenters. The summed E-state index contributed by atoms with van der Waals surface area (Å²) in [6, 6.07) is 0. The minimum Gasteiger partial charge on any atom is -0.330 e. The van der Waals surface area contributed by atoms with E-state index < -0.39 is 22.7 Å². The summed E-state index contributed by atoms with van der Waals surface area (Å²) in [5, 5.41) is 0. The van der Waals surface area contributed by atoms with Crippen LogP contribution in [0.4, 0.5) is 13.2 Å². The predicted octanol–water partition coefficient (Wildman–Crippen LogP) is 0.207. The van der Waals surface area contributed by atoms with Crippen LogP contribution in [0.3, 0.4) is 0 Å². The monoisotopic (exact) mass is 234 g/mol. The molecule has 3 N–H and O–H groups in total. The quantitative estimate of drug-likeness (QED) is 0.645. The van der Waals surface area contributed by atoms with Crippen molar-refractivity contribution in [1.29, 1.82) is 0 Å². The molecule has 0 aliphatic carbocycles. The molecule has 8 heteroatoms. The Bertz CT molecular complexity index is 250. The van der Waals surface area contributed by atoms with Crippen LogP contribution in [0.1, 0.15) is 12.8 Å². The van der Waals surface area contributed by atoms with Gasteiger partial charge in [-0.1, -0.05) is 0 Å². The Morgan fingerprint density at radius 3 is 2.21 bits per heavy atom. The molecule has 0 unspecified atom stereocenters. The minimum atomic E-state index is -4.51. The third-order valence-electron chi connectivity index (χ3n) is 1.36. The Labute approximate surface area is 80.7 Å². The van der Waals surface area contributed by atoms with Gasteiger partial charge in [0.2, 0.25) is 10.0 Å². The Morgan fingerprint density at radius 1 is 1.21 bits per heavy atom. The van der Waals surface area contributed by atoms with E-state index in [-0.39, 0.29) is 12.2 Å². The first-order chi connectivity index (χ1) is 6.27. The summed E-state index contributed by atoms with van der Waals surface area (Å²) >= 11 is 0. The highest BCUT2D eigenvalue weighted by atomic mass is 32.2. The predicted molar refractivity (Wildman–Crippen MR) is 46.1 cm³/mol. The van der Waals surface area contributed by atoms with E-state index in [1.807, 2.05) is 0 Å². The normalized spacial score (nSPS) is 13.1. The highest BCUT2D eigenvalue weighted by molar-refractivity contribution is 7.89. The number of sulfonamides is 1. The van der Waals surface area contributed by atoms with Crippen LogP contribution < -0.4 is 10.5 Å². The van der Waals surface area contributed by atoms with Gasteiger partial charge < -0.3 is 5.73 Å². The first kappa shape index (κ1) is 13.7. The van der Waals surface area contributed by atoms with E-state index >= 15 is 0 Å². The van der Waals surface area contributed by atoms with E-state index in [9.17, 15) is 21.6 Å². The molecule has 0 aromatic rings. The fourth-order valence-electron chi connectivity index (χ4n) is 0.700. The van der Waals surface area contributed by atoms with Crippen LogP contribution >= 0.6 is 0 Å². The Kier molecular flexibility index (Phi) is 5.38. The first-order valence-corrected chi connectivity index (χ1v) is 5.66. The minimum absolute atomic E-state index is 0.268. The molecular formula is C6H13F3N2O2S. The molecule has 0 rings (SSSR count). The molecule has 0 heterocycles. The molecule has 0 aromatic carbocycles. The molecular weight excluding hydrogens is 221 g/mol. The van der Waals surface area contributed by atoms with Crippen LogP contribution in [0.25, 0.3) is 0 Å². The second-order valence-corrected chi connectivity index (χ2v) is 4.68. The number of hydrogen-bond donors (Lipinski definition) is 2. The van der Waals surface area contributed by atoms with Crippen molar-refractivity contribution >= 4 is 10.0 Å². The summed E-state index contributed by atoms with van der Waals surface area (Å²) in [5.41, 5.74) is 5.11. The lowest BCUT2D eigenvalue weighted by Gasteiger charge is -2.08. The molecule has 0 aliphatic heterocycles. The van der Waals surface area contributed by atoms with Crippen LogP contribution in [0.5, 0.6) is 0 Å². The van der Waals surface area contributed by atoms with Crippen molar-refractivity contribution in [2.45, 2.75) is 19.0 Å². The van der Waals surface area contributed by atoms with Crippen molar-refractivity contribution in [1.82, 2.24) is 4.72 Å². The second kappa shape index (κ2) is 5.52. The average molecular weight is 234 g/mol. The van der Waals surface area contributed by atoms with Gasteiger partial charge in [0, 0.05) is 0 Å². The lowest BCUT2D eigenvalue weighted by Crippen LogP contribution is -2.35. The molecule has 0 aliphatic rings. The molecule has 0 saturated heterocycles. The van der Waals surface area contributed by atoms with Crippen molar-refractivity contribution in [3.63, 3.8) is 0 Å². The van der Waals surface area contributed by atoms with Gasteiger partial charge in [0.1, 0.15) is 6.54 Å². The lowest BCUT2D eigenvalue weighted by molar-refractivity contribution is -0.121. The summed E-state index contributed by atoms with van der Waals surface area (Å²) in [6.07, 6.45) is -3.77. The molecule has 0 fully saturated rings. The number of hydrogen-bond acceptors (Lipinski definition) is 3. The standard InChI is InChI=1S/C6H13F3N2O2S/c7-6(8,9)5-11-14(12,13)4-2-1-3-10/h11H,1-5,10H2. The highest BCUT2D eigenvalue weighted by Crippen LogP contribution is 2.12. The Balaban J connectivity index is 3.85. The number of alkyl halides is 3. The SMILES string of the molecule is NCCCCS(=O)(=O)NCC(F)(F)F. The van der Waals surface area contributed by atoms with Gasteiger partial charge in [-0.2, -0.15) is 13.2 Å². The van der Waals surface area contributed by atoms with E-state index in [1.165, 1.54) is 4.72 Å². The maximum atomic E-state index is 11.6. The third kappa shape index (κ3) is 8.27. The number of rotatable bonds is 6. The molecule has 0 aromatic heterocycles. The van der Waals surface area contributed by atoms with Gasteiger partial charge >= 0.3 is 6.18 Å². The lowest BCUT2D eigenvalue weighted by atomic mass is 10.3. The van der Waals surface area contributed by atoms with Crippen molar-refractivity contribution in [2.75, 3.05) is 18.8 Å². The van der Waals surface area contributed by atoms with E-state index in [2.05, 4.69) is 0 Å². The smallest absolute Gasteiger partial charge is 0.330 e. The Hall–Kier alpha value is -0.340. The average Bonchev–Trinajstić information content (AvgIpc) is 2.00. The molecule has 0 spiro atoms.